The first kappa shape index (κ1) is 15.3. The normalized spacial score (nSPS) is 21.7. The molecule has 1 aromatic heterocycles. The number of carbonyl (C=O) groups excluding carboxylic acids is 1. The van der Waals surface area contributed by atoms with Gasteiger partial charge in [0.15, 0.2) is 0 Å². The van der Waals surface area contributed by atoms with Crippen molar-refractivity contribution in [3.05, 3.63) is 18.5 Å². The molecule has 1 aliphatic rings. The quantitative estimate of drug-likeness (QED) is 0.687. The maximum Gasteiger partial charge on any atom is 0.315 e. The van der Waals surface area contributed by atoms with Crippen molar-refractivity contribution in [3.8, 4) is 0 Å². The van der Waals surface area contributed by atoms with Gasteiger partial charge in [-0.3, -0.25) is 9.48 Å². The highest BCUT2D eigenvalue weighted by atomic mass is 16.4. The molecule has 0 atom stereocenters. The Morgan fingerprint density at radius 2 is 2.05 bits per heavy atom. The average molecular weight is 294 g/mol. The van der Waals surface area contributed by atoms with E-state index in [2.05, 4.69) is 15.7 Å². The molecule has 0 bridgehead atoms. The van der Waals surface area contributed by atoms with Gasteiger partial charge < -0.3 is 15.7 Å². The number of carbonyl (C=O) groups is 2. The van der Waals surface area contributed by atoms with Gasteiger partial charge in [-0.2, -0.15) is 5.10 Å². The lowest BCUT2D eigenvalue weighted by molar-refractivity contribution is -0.142. The molecule has 7 nitrogen and oxygen atoms in total. The van der Waals surface area contributed by atoms with Crippen LogP contribution >= 0.6 is 0 Å². The third-order valence-corrected chi connectivity index (χ3v) is 3.82. The summed E-state index contributed by atoms with van der Waals surface area (Å²) in [6.45, 7) is 1.37. The highest BCUT2D eigenvalue weighted by Gasteiger charge is 2.26. The fourth-order valence-corrected chi connectivity index (χ4v) is 2.60. The number of carboxylic acids is 1. The Morgan fingerprint density at radius 1 is 1.29 bits per heavy atom. The topological polar surface area (TPSA) is 96.3 Å². The number of rotatable bonds is 6. The second-order valence-electron chi connectivity index (χ2n) is 5.41. The standard InChI is InChI=1S/C14H22N4O3/c19-13(20)11-3-5-12(6-4-11)17-14(21)15-7-1-9-18-10-2-8-16-18/h2,8,10-12H,1,3-7,9H2,(H,19,20)(H2,15,17,21). The molecular weight excluding hydrogens is 272 g/mol. The molecule has 1 aromatic rings. The van der Waals surface area contributed by atoms with Gasteiger partial charge in [-0.05, 0) is 38.2 Å². The smallest absolute Gasteiger partial charge is 0.315 e. The Morgan fingerprint density at radius 3 is 2.67 bits per heavy atom. The molecular formula is C14H22N4O3. The van der Waals surface area contributed by atoms with Gasteiger partial charge in [-0.15, -0.1) is 0 Å². The summed E-state index contributed by atoms with van der Waals surface area (Å²) in [5.74, 6) is -0.975. The molecule has 7 heteroatoms. The lowest BCUT2D eigenvalue weighted by Gasteiger charge is -2.26. The largest absolute Gasteiger partial charge is 0.481 e. The molecule has 0 spiro atoms. The molecule has 0 aromatic carbocycles. The number of hydrogen-bond acceptors (Lipinski definition) is 3. The van der Waals surface area contributed by atoms with Gasteiger partial charge in [0, 0.05) is 31.5 Å². The molecule has 21 heavy (non-hydrogen) atoms. The molecule has 116 valence electrons. The fraction of sp³-hybridized carbons (Fsp3) is 0.643. The summed E-state index contributed by atoms with van der Waals surface area (Å²) >= 11 is 0. The highest BCUT2D eigenvalue weighted by Crippen LogP contribution is 2.24. The molecule has 2 amide bonds. The zero-order chi connectivity index (χ0) is 15.1. The van der Waals surface area contributed by atoms with Crippen molar-refractivity contribution in [2.24, 2.45) is 5.92 Å². The molecule has 0 saturated heterocycles. The molecule has 1 heterocycles. The van der Waals surface area contributed by atoms with Crippen LogP contribution in [0.3, 0.4) is 0 Å². The van der Waals surface area contributed by atoms with Crippen molar-refractivity contribution in [3.63, 3.8) is 0 Å². The van der Waals surface area contributed by atoms with Crippen molar-refractivity contribution in [1.29, 1.82) is 0 Å². The van der Waals surface area contributed by atoms with E-state index in [1.54, 1.807) is 6.20 Å². The maximum atomic E-state index is 11.7. The fourth-order valence-electron chi connectivity index (χ4n) is 2.60. The minimum Gasteiger partial charge on any atom is -0.481 e. The van der Waals surface area contributed by atoms with E-state index >= 15 is 0 Å². The van der Waals surface area contributed by atoms with Crippen LogP contribution in [0.4, 0.5) is 4.79 Å². The molecule has 3 N–H and O–H groups in total. The molecule has 0 aliphatic heterocycles. The lowest BCUT2D eigenvalue weighted by atomic mass is 9.86. The van der Waals surface area contributed by atoms with Crippen molar-refractivity contribution >= 4 is 12.0 Å². The number of nitrogens with zero attached hydrogens (tertiary/aromatic N) is 2. The number of aliphatic carboxylic acids is 1. The molecule has 0 unspecified atom stereocenters. The van der Waals surface area contributed by atoms with E-state index in [9.17, 15) is 9.59 Å². The SMILES string of the molecule is O=C(NCCCn1cccn1)NC1CCC(C(=O)O)CC1. The zero-order valence-electron chi connectivity index (χ0n) is 12.0. The number of aromatic nitrogens is 2. The Hall–Kier alpha value is -2.05. The van der Waals surface area contributed by atoms with Crippen LogP contribution < -0.4 is 10.6 Å². The van der Waals surface area contributed by atoms with Crippen molar-refractivity contribution < 1.29 is 14.7 Å². The first-order chi connectivity index (χ1) is 10.1. The lowest BCUT2D eigenvalue weighted by Crippen LogP contribution is -2.44. The number of nitrogens with one attached hydrogen (secondary N) is 2. The van der Waals surface area contributed by atoms with Crippen LogP contribution in [0.1, 0.15) is 32.1 Å². The van der Waals surface area contributed by atoms with Gasteiger partial charge in [0.1, 0.15) is 0 Å². The van der Waals surface area contributed by atoms with Gasteiger partial charge in [0.25, 0.3) is 0 Å². The van der Waals surface area contributed by atoms with Crippen molar-refractivity contribution in [2.45, 2.75) is 44.7 Å². The van der Waals surface area contributed by atoms with Crippen LogP contribution in [-0.4, -0.2) is 39.5 Å². The predicted octanol–water partition coefficient (Wildman–Crippen LogP) is 1.22. The van der Waals surface area contributed by atoms with Gasteiger partial charge in [-0.1, -0.05) is 0 Å². The van der Waals surface area contributed by atoms with E-state index < -0.39 is 5.97 Å². The van der Waals surface area contributed by atoms with Crippen molar-refractivity contribution in [2.75, 3.05) is 6.54 Å². The molecule has 0 radical (unpaired) electrons. The minimum atomic E-state index is -0.725. The van der Waals surface area contributed by atoms with Gasteiger partial charge in [-0.25, -0.2) is 4.79 Å². The van der Waals surface area contributed by atoms with Crippen LogP contribution in [0.15, 0.2) is 18.5 Å². The van der Waals surface area contributed by atoms with E-state index in [1.165, 1.54) is 0 Å². The van der Waals surface area contributed by atoms with Crippen LogP contribution in [0, 0.1) is 5.92 Å². The minimum absolute atomic E-state index is 0.0896. The number of carboxylic acid groups (broad SMARTS) is 1. The van der Waals surface area contributed by atoms with E-state index in [0.717, 1.165) is 25.8 Å². The molecule has 1 aliphatic carbocycles. The van der Waals surface area contributed by atoms with Gasteiger partial charge in [0.05, 0.1) is 5.92 Å². The van der Waals surface area contributed by atoms with Gasteiger partial charge in [0.2, 0.25) is 0 Å². The number of aryl methyl sites for hydroxylation is 1. The summed E-state index contributed by atoms with van der Waals surface area (Å²) in [4.78, 5) is 22.6. The second-order valence-corrected chi connectivity index (χ2v) is 5.41. The Kier molecular flexibility index (Phi) is 5.59. The molecule has 1 fully saturated rings. The van der Waals surface area contributed by atoms with Crippen LogP contribution in [0.25, 0.3) is 0 Å². The summed E-state index contributed by atoms with van der Waals surface area (Å²) in [5.41, 5.74) is 0. The summed E-state index contributed by atoms with van der Waals surface area (Å²) in [7, 11) is 0. The van der Waals surface area contributed by atoms with Crippen molar-refractivity contribution in [1.82, 2.24) is 20.4 Å². The second kappa shape index (κ2) is 7.66. The first-order valence-electron chi connectivity index (χ1n) is 7.40. The predicted molar refractivity (Wildman–Crippen MR) is 76.8 cm³/mol. The Bertz CT molecular complexity index is 453. The van der Waals surface area contributed by atoms with E-state index in [4.69, 9.17) is 5.11 Å². The maximum absolute atomic E-state index is 11.7. The van der Waals surface area contributed by atoms with E-state index in [1.807, 2.05) is 16.9 Å². The van der Waals surface area contributed by atoms with Crippen LogP contribution in [0.5, 0.6) is 0 Å². The average Bonchev–Trinajstić information content (AvgIpc) is 2.97. The number of urea groups is 1. The third kappa shape index (κ3) is 5.09. The Balaban J connectivity index is 1.56. The third-order valence-electron chi connectivity index (χ3n) is 3.82. The summed E-state index contributed by atoms with van der Waals surface area (Å²) in [6, 6.07) is 1.79. The number of amides is 2. The number of hydrogen-bond donors (Lipinski definition) is 3. The highest BCUT2D eigenvalue weighted by molar-refractivity contribution is 5.74. The molecule has 1 saturated carbocycles. The van der Waals surface area contributed by atoms with E-state index in [-0.39, 0.29) is 18.0 Å². The first-order valence-corrected chi connectivity index (χ1v) is 7.40. The van der Waals surface area contributed by atoms with Gasteiger partial charge >= 0.3 is 12.0 Å². The summed E-state index contributed by atoms with van der Waals surface area (Å²) < 4.78 is 1.83. The monoisotopic (exact) mass is 294 g/mol. The van der Waals surface area contributed by atoms with Crippen LogP contribution in [0.2, 0.25) is 0 Å². The molecule has 2 rings (SSSR count). The van der Waals surface area contributed by atoms with Crippen LogP contribution in [-0.2, 0) is 11.3 Å². The zero-order valence-corrected chi connectivity index (χ0v) is 12.0. The summed E-state index contributed by atoms with van der Waals surface area (Å²) in [6.07, 6.45) is 7.18. The summed E-state index contributed by atoms with van der Waals surface area (Å²) in [5, 5.41) is 18.7. The van der Waals surface area contributed by atoms with E-state index in [0.29, 0.717) is 19.4 Å². The Labute approximate surface area is 123 Å².